The summed E-state index contributed by atoms with van der Waals surface area (Å²) < 4.78 is 57.9. The first kappa shape index (κ1) is 27.6. The summed E-state index contributed by atoms with van der Waals surface area (Å²) in [5, 5.41) is 20.2. The van der Waals surface area contributed by atoms with Crippen LogP contribution in [0.15, 0.2) is 104 Å². The first-order valence-electron chi connectivity index (χ1n) is 10.5. The number of nitrogens with one attached hydrogen (secondary N) is 2. The molecule has 0 saturated carbocycles. The van der Waals surface area contributed by atoms with Gasteiger partial charge in [0.15, 0.2) is 5.70 Å². The Kier molecular flexibility index (Phi) is 9.20. The lowest BCUT2D eigenvalue weighted by atomic mass is 10.3. The van der Waals surface area contributed by atoms with Gasteiger partial charge in [0.2, 0.25) is 0 Å². The minimum absolute atomic E-state index is 0.0996. The van der Waals surface area contributed by atoms with E-state index in [4.69, 9.17) is 4.74 Å². The molecule has 0 aliphatic carbocycles. The van der Waals surface area contributed by atoms with Crippen molar-refractivity contribution in [3.8, 4) is 5.75 Å². The normalized spacial score (nSPS) is 12.4. The highest BCUT2D eigenvalue weighted by Gasteiger charge is 2.16. The minimum atomic E-state index is -4.05. The number of hydrogen-bond donors (Lipinski definition) is 3. The summed E-state index contributed by atoms with van der Waals surface area (Å²) in [4.78, 5) is 12.7. The van der Waals surface area contributed by atoms with Crippen LogP contribution in [0.25, 0.3) is 0 Å². The van der Waals surface area contributed by atoms with Gasteiger partial charge in [-0.05, 0) is 73.7 Å². The second-order valence-electron chi connectivity index (χ2n) is 7.32. The Labute approximate surface area is 216 Å². The predicted molar refractivity (Wildman–Crippen MR) is 137 cm³/mol. The highest BCUT2D eigenvalue weighted by molar-refractivity contribution is 7.99. The molecule has 0 aliphatic rings. The molecule has 0 bridgehead atoms. The van der Waals surface area contributed by atoms with Crippen molar-refractivity contribution in [2.45, 2.75) is 22.5 Å². The molecule has 0 spiro atoms. The van der Waals surface area contributed by atoms with Crippen molar-refractivity contribution in [3.63, 3.8) is 0 Å². The van der Waals surface area contributed by atoms with Crippen molar-refractivity contribution in [1.82, 2.24) is 0 Å². The van der Waals surface area contributed by atoms with E-state index in [0.29, 0.717) is 28.1 Å². The average Bonchev–Trinajstić information content (AvgIpc) is 2.85. The zero-order valence-electron chi connectivity index (χ0n) is 19.6. The van der Waals surface area contributed by atoms with Crippen LogP contribution in [0.3, 0.4) is 0 Å². The second kappa shape index (κ2) is 12.3. The van der Waals surface area contributed by atoms with E-state index in [9.17, 15) is 27.1 Å². The van der Waals surface area contributed by atoms with Gasteiger partial charge < -0.3 is 15.2 Å². The van der Waals surface area contributed by atoms with Gasteiger partial charge in [0.1, 0.15) is 11.5 Å². The number of allylic oxidation sites excluding steroid dienone is 1. The van der Waals surface area contributed by atoms with Gasteiger partial charge in [0, 0.05) is 16.3 Å². The zero-order chi connectivity index (χ0) is 27.0. The Morgan fingerprint density at radius 3 is 2.27 bits per heavy atom. The molecule has 3 aromatic rings. The third kappa shape index (κ3) is 8.02. The van der Waals surface area contributed by atoms with Gasteiger partial charge in [-0.3, -0.25) is 9.52 Å². The lowest BCUT2D eigenvalue weighted by Gasteiger charge is -2.09. The molecule has 3 aromatic carbocycles. The molecular weight excluding hydrogens is 526 g/mol. The summed E-state index contributed by atoms with van der Waals surface area (Å²) in [5.41, 5.74) is 0.341. The van der Waals surface area contributed by atoms with Crippen molar-refractivity contribution in [1.29, 1.82) is 0 Å². The molecule has 3 N–H and O–H groups in total. The molecular formula is C24H22F2N4O5S2. The van der Waals surface area contributed by atoms with Gasteiger partial charge in [-0.15, -0.1) is 5.11 Å². The maximum Gasteiger partial charge on any atom is 0.288 e. The first-order chi connectivity index (χ1) is 17.6. The number of anilines is 2. The molecule has 0 saturated heterocycles. The highest BCUT2D eigenvalue weighted by Crippen LogP contribution is 2.27. The molecule has 0 atom stereocenters. The van der Waals surface area contributed by atoms with Crippen LogP contribution < -0.4 is 14.8 Å². The Bertz CT molecular complexity index is 1410. The van der Waals surface area contributed by atoms with Crippen LogP contribution in [-0.4, -0.2) is 32.3 Å². The largest absolute Gasteiger partial charge is 0.510 e. The number of carbonyl (C=O) groups is 1. The number of alkyl halides is 2. The molecule has 194 valence electrons. The number of thioether (sulfide) groups is 1. The summed E-state index contributed by atoms with van der Waals surface area (Å²) in [7, 11) is -2.54. The lowest BCUT2D eigenvalue weighted by molar-refractivity contribution is -0.113. The monoisotopic (exact) mass is 548 g/mol. The first-order valence-corrected chi connectivity index (χ1v) is 12.9. The van der Waals surface area contributed by atoms with Crippen molar-refractivity contribution in [2.24, 2.45) is 10.2 Å². The van der Waals surface area contributed by atoms with Crippen LogP contribution >= 0.6 is 11.8 Å². The standard InChI is InChI=1S/C24H22F2N4O5S2/c1-15(31)22(23(32)27-16-6-10-19(35-2)11-7-16)29-28-18-4-3-5-21(14-18)37(33,34)30-17-8-12-20(13-9-17)36-24(25)26/h3-14,24,30-31H,1-2H3,(H,27,32)/b22-15-,29-28?. The van der Waals surface area contributed by atoms with Gasteiger partial charge in [-0.1, -0.05) is 17.8 Å². The van der Waals surface area contributed by atoms with Crippen LogP contribution in [0.4, 0.5) is 25.8 Å². The Balaban J connectivity index is 1.74. The van der Waals surface area contributed by atoms with E-state index < -0.39 is 27.4 Å². The molecule has 37 heavy (non-hydrogen) atoms. The lowest BCUT2D eigenvalue weighted by Crippen LogP contribution is -2.14. The number of sulfonamides is 1. The number of methoxy groups -OCH3 is 1. The molecule has 9 nitrogen and oxygen atoms in total. The van der Waals surface area contributed by atoms with Crippen molar-refractivity contribution in [3.05, 3.63) is 84.3 Å². The van der Waals surface area contributed by atoms with Gasteiger partial charge in [0.05, 0.1) is 17.7 Å². The van der Waals surface area contributed by atoms with E-state index in [0.717, 1.165) is 0 Å². The zero-order valence-corrected chi connectivity index (χ0v) is 21.2. The van der Waals surface area contributed by atoms with Gasteiger partial charge in [-0.2, -0.15) is 13.9 Å². The smallest absolute Gasteiger partial charge is 0.288 e. The Morgan fingerprint density at radius 1 is 1.03 bits per heavy atom. The fraction of sp³-hybridized carbons (Fsp3) is 0.125. The van der Waals surface area contributed by atoms with Gasteiger partial charge in [-0.25, -0.2) is 8.42 Å². The third-order valence-corrected chi connectivity index (χ3v) is 6.73. The fourth-order valence-electron chi connectivity index (χ4n) is 2.89. The van der Waals surface area contributed by atoms with E-state index in [1.807, 2.05) is 0 Å². The SMILES string of the molecule is COc1ccc(NC(=O)/C(N=Nc2cccc(S(=O)(=O)Nc3ccc(SC(F)F)cc3)c2)=C(\C)O)cc1. The van der Waals surface area contributed by atoms with Crippen LogP contribution in [0.5, 0.6) is 5.75 Å². The number of ether oxygens (including phenoxy) is 1. The molecule has 0 heterocycles. The van der Waals surface area contributed by atoms with Gasteiger partial charge in [0.25, 0.3) is 21.7 Å². The topological polar surface area (TPSA) is 129 Å². The van der Waals surface area contributed by atoms with Crippen LogP contribution in [0.1, 0.15) is 6.92 Å². The number of hydrogen-bond acceptors (Lipinski definition) is 8. The van der Waals surface area contributed by atoms with Crippen LogP contribution in [0, 0.1) is 0 Å². The quantitative estimate of drug-likeness (QED) is 0.118. The van der Waals surface area contributed by atoms with E-state index in [1.54, 1.807) is 24.3 Å². The number of halogens is 2. The molecule has 0 radical (unpaired) electrons. The number of nitrogens with zero attached hydrogens (tertiary/aromatic N) is 2. The summed E-state index contributed by atoms with van der Waals surface area (Å²) in [6.45, 7) is 1.26. The van der Waals surface area contributed by atoms with Crippen molar-refractivity contribution in [2.75, 3.05) is 17.1 Å². The number of carbonyl (C=O) groups excluding carboxylic acids is 1. The average molecular weight is 549 g/mol. The van der Waals surface area contributed by atoms with E-state index in [1.165, 1.54) is 62.6 Å². The Hall–Kier alpha value is -3.97. The number of rotatable bonds is 10. The maximum absolute atomic E-state index is 12.8. The predicted octanol–water partition coefficient (Wildman–Crippen LogP) is 6.32. The summed E-state index contributed by atoms with van der Waals surface area (Å²) in [5.74, 6) is -3.11. The van der Waals surface area contributed by atoms with Crippen LogP contribution in [0.2, 0.25) is 0 Å². The molecule has 3 rings (SSSR count). The van der Waals surface area contributed by atoms with Crippen molar-refractivity contribution < 1.29 is 31.8 Å². The van der Waals surface area contributed by atoms with E-state index in [2.05, 4.69) is 20.3 Å². The second-order valence-corrected chi connectivity index (χ2v) is 10.1. The molecule has 0 aromatic heterocycles. The number of aliphatic hydroxyl groups excluding tert-OH is 1. The molecule has 0 fully saturated rings. The number of azo groups is 1. The maximum atomic E-state index is 12.8. The molecule has 1 amide bonds. The van der Waals surface area contributed by atoms with Crippen molar-refractivity contribution >= 4 is 44.8 Å². The third-order valence-electron chi connectivity index (χ3n) is 4.63. The summed E-state index contributed by atoms with van der Waals surface area (Å²) in [6.07, 6.45) is 0. The van der Waals surface area contributed by atoms with Gasteiger partial charge >= 0.3 is 0 Å². The number of benzene rings is 3. The number of amides is 1. The number of aliphatic hydroxyl groups is 1. The highest BCUT2D eigenvalue weighted by atomic mass is 32.2. The van der Waals surface area contributed by atoms with Crippen LogP contribution in [-0.2, 0) is 14.8 Å². The van der Waals surface area contributed by atoms with E-state index >= 15 is 0 Å². The molecule has 0 unspecified atom stereocenters. The van der Waals surface area contributed by atoms with E-state index in [-0.39, 0.29) is 22.0 Å². The molecule has 13 heteroatoms. The Morgan fingerprint density at radius 2 is 1.68 bits per heavy atom. The summed E-state index contributed by atoms with van der Waals surface area (Å²) >= 11 is 0.348. The fourth-order valence-corrected chi connectivity index (χ4v) is 4.48. The summed E-state index contributed by atoms with van der Waals surface area (Å²) in [6, 6.07) is 17.4. The minimum Gasteiger partial charge on any atom is -0.510 e. The molecule has 0 aliphatic heterocycles.